The second-order valence-corrected chi connectivity index (χ2v) is 5.83. The van der Waals surface area contributed by atoms with Crippen LogP contribution in [-0.4, -0.2) is 31.2 Å². The summed E-state index contributed by atoms with van der Waals surface area (Å²) in [5.41, 5.74) is 0.757. The highest BCUT2D eigenvalue weighted by Gasteiger charge is 2.13. The van der Waals surface area contributed by atoms with Crippen LogP contribution in [0.4, 0.5) is 5.69 Å². The molecule has 1 aromatic rings. The third-order valence-electron chi connectivity index (χ3n) is 2.83. The van der Waals surface area contributed by atoms with Crippen molar-refractivity contribution in [3.63, 3.8) is 0 Å². The Hall–Kier alpha value is -1.75. The van der Waals surface area contributed by atoms with Crippen molar-refractivity contribution >= 4 is 11.6 Å². The molecule has 0 bridgehead atoms. The number of nitrogens with one attached hydrogen (secondary N) is 2. The van der Waals surface area contributed by atoms with Gasteiger partial charge in [0.05, 0.1) is 0 Å². The van der Waals surface area contributed by atoms with Crippen molar-refractivity contribution in [2.45, 2.75) is 32.7 Å². The number of hydrogen-bond donors (Lipinski definition) is 2. The number of carbonyl (C=O) groups excluding carboxylic acids is 1. The quantitative estimate of drug-likeness (QED) is 0.886. The minimum atomic E-state index is -0.0153. The highest BCUT2D eigenvalue weighted by Crippen LogP contribution is 2.32. The van der Waals surface area contributed by atoms with Gasteiger partial charge in [-0.3, -0.25) is 4.79 Å². The average Bonchev–Trinajstić information content (AvgIpc) is 2.37. The van der Waals surface area contributed by atoms with Crippen molar-refractivity contribution in [2.24, 2.45) is 0 Å². The molecule has 20 heavy (non-hydrogen) atoms. The van der Waals surface area contributed by atoms with E-state index in [1.165, 1.54) is 0 Å². The largest absolute Gasteiger partial charge is 0.486 e. The lowest BCUT2D eigenvalue weighted by molar-refractivity contribution is -0.116. The monoisotopic (exact) mass is 278 g/mol. The van der Waals surface area contributed by atoms with Crippen molar-refractivity contribution in [3.05, 3.63) is 18.2 Å². The van der Waals surface area contributed by atoms with Gasteiger partial charge in [0.2, 0.25) is 5.91 Å². The van der Waals surface area contributed by atoms with Crippen molar-refractivity contribution in [1.29, 1.82) is 0 Å². The zero-order valence-electron chi connectivity index (χ0n) is 12.3. The van der Waals surface area contributed by atoms with Gasteiger partial charge in [-0.2, -0.15) is 0 Å². The maximum absolute atomic E-state index is 11.8. The minimum absolute atomic E-state index is 0.0153. The Morgan fingerprint density at radius 1 is 1.20 bits per heavy atom. The fourth-order valence-electron chi connectivity index (χ4n) is 1.90. The molecule has 0 aliphatic carbocycles. The Labute approximate surface area is 119 Å². The van der Waals surface area contributed by atoms with Crippen LogP contribution in [0.1, 0.15) is 27.2 Å². The van der Waals surface area contributed by atoms with E-state index in [9.17, 15) is 4.79 Å². The van der Waals surface area contributed by atoms with E-state index in [0.717, 1.165) is 11.4 Å². The smallest absolute Gasteiger partial charge is 0.225 e. The van der Waals surface area contributed by atoms with Crippen LogP contribution in [0.5, 0.6) is 11.5 Å². The predicted octanol–water partition coefficient (Wildman–Crippen LogP) is 2.17. The van der Waals surface area contributed by atoms with Crippen LogP contribution >= 0.6 is 0 Å². The number of amides is 1. The molecule has 5 heteroatoms. The van der Waals surface area contributed by atoms with Crippen molar-refractivity contribution in [1.82, 2.24) is 5.32 Å². The SMILES string of the molecule is CC(C)(C)NCCC(=O)Nc1ccc2c(c1)OCCO2. The maximum atomic E-state index is 11.8. The Balaban J connectivity index is 1.85. The Bertz CT molecular complexity index is 480. The molecule has 0 unspecified atom stereocenters. The summed E-state index contributed by atoms with van der Waals surface area (Å²) in [4.78, 5) is 11.8. The van der Waals surface area contributed by atoms with Gasteiger partial charge in [-0.25, -0.2) is 0 Å². The molecule has 0 fully saturated rings. The Morgan fingerprint density at radius 2 is 1.90 bits per heavy atom. The minimum Gasteiger partial charge on any atom is -0.486 e. The molecule has 1 aliphatic rings. The number of hydrogen-bond acceptors (Lipinski definition) is 4. The summed E-state index contributed by atoms with van der Waals surface area (Å²) >= 11 is 0. The molecule has 2 rings (SSSR count). The summed E-state index contributed by atoms with van der Waals surface area (Å²) < 4.78 is 10.9. The molecular formula is C15H22N2O3. The summed E-state index contributed by atoms with van der Waals surface area (Å²) in [5.74, 6) is 1.39. The van der Waals surface area contributed by atoms with E-state index < -0.39 is 0 Å². The van der Waals surface area contributed by atoms with Crippen molar-refractivity contribution in [3.8, 4) is 11.5 Å². The van der Waals surface area contributed by atoms with Crippen LogP contribution < -0.4 is 20.1 Å². The van der Waals surface area contributed by atoms with Crippen LogP contribution in [0.25, 0.3) is 0 Å². The van der Waals surface area contributed by atoms with Gasteiger partial charge in [0, 0.05) is 30.3 Å². The van der Waals surface area contributed by atoms with Crippen LogP contribution in [-0.2, 0) is 4.79 Å². The molecule has 1 heterocycles. The van der Waals surface area contributed by atoms with E-state index in [2.05, 4.69) is 31.4 Å². The van der Waals surface area contributed by atoms with Crippen molar-refractivity contribution in [2.75, 3.05) is 25.1 Å². The summed E-state index contributed by atoms with van der Waals surface area (Å²) in [6.45, 7) is 7.99. The molecule has 5 nitrogen and oxygen atoms in total. The van der Waals surface area contributed by atoms with Gasteiger partial charge >= 0.3 is 0 Å². The molecule has 1 aliphatic heterocycles. The van der Waals surface area contributed by atoms with E-state index in [1.807, 2.05) is 12.1 Å². The molecule has 0 atom stereocenters. The zero-order valence-corrected chi connectivity index (χ0v) is 12.3. The third kappa shape index (κ3) is 4.42. The van der Waals surface area contributed by atoms with Crippen LogP contribution in [0.15, 0.2) is 18.2 Å². The molecule has 1 aromatic carbocycles. The lowest BCUT2D eigenvalue weighted by atomic mass is 10.1. The lowest BCUT2D eigenvalue weighted by Gasteiger charge is -2.20. The van der Waals surface area contributed by atoms with Gasteiger partial charge in [0.1, 0.15) is 13.2 Å². The first kappa shape index (κ1) is 14.7. The molecule has 110 valence electrons. The van der Waals surface area contributed by atoms with E-state index in [0.29, 0.717) is 31.9 Å². The standard InChI is InChI=1S/C15H22N2O3/c1-15(2,3)16-7-6-14(18)17-11-4-5-12-13(10-11)20-9-8-19-12/h4-5,10,16H,6-9H2,1-3H3,(H,17,18). The van der Waals surface area contributed by atoms with Crippen LogP contribution in [0.2, 0.25) is 0 Å². The van der Waals surface area contributed by atoms with Crippen LogP contribution in [0, 0.1) is 0 Å². The average molecular weight is 278 g/mol. The summed E-state index contributed by atoms with van der Waals surface area (Å²) in [6, 6.07) is 5.43. The van der Waals surface area contributed by atoms with E-state index in [1.54, 1.807) is 6.07 Å². The first-order chi connectivity index (χ1) is 9.44. The van der Waals surface area contributed by atoms with E-state index in [4.69, 9.17) is 9.47 Å². The summed E-state index contributed by atoms with van der Waals surface area (Å²) in [5, 5.41) is 6.15. The van der Waals surface area contributed by atoms with Gasteiger partial charge in [-0.05, 0) is 32.9 Å². The van der Waals surface area contributed by atoms with Gasteiger partial charge < -0.3 is 20.1 Å². The summed E-state index contributed by atoms with van der Waals surface area (Å²) in [6.07, 6.45) is 0.436. The number of carbonyl (C=O) groups is 1. The van der Waals surface area contributed by atoms with Crippen molar-refractivity contribution < 1.29 is 14.3 Å². The topological polar surface area (TPSA) is 59.6 Å². The highest BCUT2D eigenvalue weighted by atomic mass is 16.6. The predicted molar refractivity (Wildman–Crippen MR) is 78.4 cm³/mol. The molecular weight excluding hydrogens is 256 g/mol. The Kier molecular flexibility index (Phi) is 4.49. The van der Waals surface area contributed by atoms with E-state index >= 15 is 0 Å². The van der Waals surface area contributed by atoms with Crippen LogP contribution in [0.3, 0.4) is 0 Å². The fourth-order valence-corrected chi connectivity index (χ4v) is 1.90. The molecule has 0 aromatic heterocycles. The molecule has 0 saturated carbocycles. The maximum Gasteiger partial charge on any atom is 0.225 e. The van der Waals surface area contributed by atoms with Gasteiger partial charge in [0.25, 0.3) is 0 Å². The summed E-state index contributed by atoms with van der Waals surface area (Å²) in [7, 11) is 0. The third-order valence-corrected chi connectivity index (χ3v) is 2.83. The normalized spacial score (nSPS) is 13.9. The second kappa shape index (κ2) is 6.13. The molecule has 0 radical (unpaired) electrons. The highest BCUT2D eigenvalue weighted by molar-refractivity contribution is 5.91. The second-order valence-electron chi connectivity index (χ2n) is 5.83. The van der Waals surface area contributed by atoms with E-state index in [-0.39, 0.29) is 11.4 Å². The zero-order chi connectivity index (χ0) is 14.6. The molecule has 0 spiro atoms. The first-order valence-electron chi connectivity index (χ1n) is 6.88. The first-order valence-corrected chi connectivity index (χ1v) is 6.88. The number of benzene rings is 1. The van der Waals surface area contributed by atoms with Gasteiger partial charge in [-0.1, -0.05) is 0 Å². The molecule has 2 N–H and O–H groups in total. The van der Waals surface area contributed by atoms with Gasteiger partial charge in [0.15, 0.2) is 11.5 Å². The molecule has 0 saturated heterocycles. The lowest BCUT2D eigenvalue weighted by Crippen LogP contribution is -2.37. The number of ether oxygens (including phenoxy) is 2. The Morgan fingerprint density at radius 3 is 2.60 bits per heavy atom. The molecule has 1 amide bonds. The number of anilines is 1. The number of fused-ring (bicyclic) bond motifs is 1. The number of rotatable bonds is 4. The fraction of sp³-hybridized carbons (Fsp3) is 0.533. The van der Waals surface area contributed by atoms with Gasteiger partial charge in [-0.15, -0.1) is 0 Å².